The molecule has 0 fully saturated rings. The minimum atomic E-state index is 0.191. The number of rotatable bonds is 2. The van der Waals surface area contributed by atoms with E-state index in [1.165, 1.54) is 0 Å². The zero-order valence-electron chi connectivity index (χ0n) is 12.7. The monoisotopic (exact) mass is 317 g/mol. The zero-order valence-corrected chi connectivity index (χ0v) is 12.7. The van der Waals surface area contributed by atoms with Crippen molar-refractivity contribution in [1.82, 2.24) is 4.57 Å². The molecule has 3 aromatic carbocycles. The van der Waals surface area contributed by atoms with E-state index in [1.807, 2.05) is 35.0 Å². The first-order valence-corrected chi connectivity index (χ1v) is 7.55. The molecule has 4 heteroatoms. The number of fused-ring (bicyclic) bond motifs is 1. The molecule has 0 aliphatic carbocycles. The molecule has 118 valence electrons. The molecule has 0 bridgehead atoms. The van der Waals surface area contributed by atoms with Gasteiger partial charge in [-0.2, -0.15) is 0 Å². The third kappa shape index (κ3) is 2.34. The van der Waals surface area contributed by atoms with Crippen LogP contribution < -0.4 is 0 Å². The molecule has 1 aromatic heterocycles. The Hall–Kier alpha value is -3.40. The maximum atomic E-state index is 9.88. The van der Waals surface area contributed by atoms with E-state index in [0.29, 0.717) is 0 Å². The predicted octanol–water partition coefficient (Wildman–Crippen LogP) is 4.41. The third-order valence-electron chi connectivity index (χ3n) is 4.07. The molecule has 3 N–H and O–H groups in total. The fourth-order valence-electron chi connectivity index (χ4n) is 2.95. The summed E-state index contributed by atoms with van der Waals surface area (Å²) in [6.45, 7) is 0. The lowest BCUT2D eigenvalue weighted by molar-refractivity contribution is 0.474. The summed E-state index contributed by atoms with van der Waals surface area (Å²) < 4.78 is 1.97. The maximum absolute atomic E-state index is 9.88. The van der Waals surface area contributed by atoms with E-state index in [-0.39, 0.29) is 17.2 Å². The minimum absolute atomic E-state index is 0.191. The Morgan fingerprint density at radius 1 is 0.667 bits per heavy atom. The number of phenolic OH excluding ortho intramolecular Hbond substituents is 3. The van der Waals surface area contributed by atoms with Gasteiger partial charge in [-0.3, -0.25) is 0 Å². The first-order chi connectivity index (χ1) is 11.6. The SMILES string of the molecule is Oc1ccc(-c2cn(-c3cccc(O)c3)c3ccc(O)cc23)cc1. The van der Waals surface area contributed by atoms with E-state index in [4.69, 9.17) is 0 Å². The number of aromatic nitrogens is 1. The predicted molar refractivity (Wildman–Crippen MR) is 93.7 cm³/mol. The summed E-state index contributed by atoms with van der Waals surface area (Å²) in [6, 6.07) is 19.2. The topological polar surface area (TPSA) is 65.6 Å². The molecule has 0 aliphatic heterocycles. The van der Waals surface area contributed by atoms with Crippen LogP contribution in [0.3, 0.4) is 0 Å². The summed E-state index contributed by atoms with van der Waals surface area (Å²) in [5.41, 5.74) is 3.61. The molecule has 0 amide bonds. The molecule has 1 heterocycles. The first-order valence-electron chi connectivity index (χ1n) is 7.55. The quantitative estimate of drug-likeness (QED) is 0.513. The lowest BCUT2D eigenvalue weighted by Crippen LogP contribution is -1.90. The van der Waals surface area contributed by atoms with E-state index < -0.39 is 0 Å². The molecular weight excluding hydrogens is 302 g/mol. The van der Waals surface area contributed by atoms with Crippen molar-refractivity contribution in [2.45, 2.75) is 0 Å². The Morgan fingerprint density at radius 3 is 2.12 bits per heavy atom. The zero-order chi connectivity index (χ0) is 16.7. The van der Waals surface area contributed by atoms with Crippen molar-refractivity contribution >= 4 is 10.9 Å². The molecule has 24 heavy (non-hydrogen) atoms. The van der Waals surface area contributed by atoms with E-state index >= 15 is 0 Å². The molecule has 4 aromatic rings. The molecule has 4 rings (SSSR count). The van der Waals surface area contributed by atoms with E-state index in [0.717, 1.165) is 27.7 Å². The number of hydrogen-bond acceptors (Lipinski definition) is 3. The molecule has 0 saturated carbocycles. The van der Waals surface area contributed by atoms with Gasteiger partial charge in [0.2, 0.25) is 0 Å². The van der Waals surface area contributed by atoms with Gasteiger partial charge >= 0.3 is 0 Å². The molecule has 0 atom stereocenters. The highest BCUT2D eigenvalue weighted by Gasteiger charge is 2.12. The largest absolute Gasteiger partial charge is 0.508 e. The summed E-state index contributed by atoms with van der Waals surface area (Å²) in [4.78, 5) is 0. The molecule has 0 unspecified atom stereocenters. The Morgan fingerprint density at radius 2 is 1.38 bits per heavy atom. The average molecular weight is 317 g/mol. The summed E-state index contributed by atoms with van der Waals surface area (Å²) in [7, 11) is 0. The summed E-state index contributed by atoms with van der Waals surface area (Å²) >= 11 is 0. The second-order valence-corrected chi connectivity index (χ2v) is 5.68. The van der Waals surface area contributed by atoms with Gasteiger partial charge in [-0.05, 0) is 48.0 Å². The molecule has 0 radical (unpaired) electrons. The summed E-state index contributed by atoms with van der Waals surface area (Å²) in [5, 5.41) is 30.0. The molecule has 0 spiro atoms. The van der Waals surface area contributed by atoms with Gasteiger partial charge in [0.15, 0.2) is 0 Å². The van der Waals surface area contributed by atoms with Crippen molar-refractivity contribution in [3.05, 3.63) is 72.9 Å². The maximum Gasteiger partial charge on any atom is 0.117 e. The van der Waals surface area contributed by atoms with E-state index in [1.54, 1.807) is 42.5 Å². The minimum Gasteiger partial charge on any atom is -0.508 e. The van der Waals surface area contributed by atoms with Crippen molar-refractivity contribution in [3.63, 3.8) is 0 Å². The van der Waals surface area contributed by atoms with Crippen LogP contribution in [0.25, 0.3) is 27.7 Å². The lowest BCUT2D eigenvalue weighted by atomic mass is 10.0. The smallest absolute Gasteiger partial charge is 0.117 e. The Bertz CT molecular complexity index is 1030. The van der Waals surface area contributed by atoms with Gasteiger partial charge < -0.3 is 19.9 Å². The second-order valence-electron chi connectivity index (χ2n) is 5.68. The molecule has 4 nitrogen and oxygen atoms in total. The normalized spacial score (nSPS) is 11.0. The number of aromatic hydroxyl groups is 3. The Balaban J connectivity index is 2.01. The molecule has 0 saturated heterocycles. The van der Waals surface area contributed by atoms with Gasteiger partial charge in [0.1, 0.15) is 17.2 Å². The van der Waals surface area contributed by atoms with Crippen LogP contribution in [0.4, 0.5) is 0 Å². The highest BCUT2D eigenvalue weighted by Crippen LogP contribution is 2.35. The van der Waals surface area contributed by atoms with Crippen molar-refractivity contribution in [1.29, 1.82) is 0 Å². The number of benzene rings is 3. The van der Waals surface area contributed by atoms with Gasteiger partial charge in [-0.25, -0.2) is 0 Å². The van der Waals surface area contributed by atoms with E-state index in [2.05, 4.69) is 0 Å². The van der Waals surface area contributed by atoms with Crippen LogP contribution in [0.5, 0.6) is 17.2 Å². The molecule has 0 aliphatic rings. The van der Waals surface area contributed by atoms with Gasteiger partial charge in [0.05, 0.1) is 5.52 Å². The van der Waals surface area contributed by atoms with Crippen molar-refractivity contribution in [3.8, 4) is 34.1 Å². The lowest BCUT2D eigenvalue weighted by Gasteiger charge is -2.05. The average Bonchev–Trinajstić information content (AvgIpc) is 2.94. The first kappa shape index (κ1) is 14.2. The van der Waals surface area contributed by atoms with Gasteiger partial charge in [0, 0.05) is 28.9 Å². The van der Waals surface area contributed by atoms with Gasteiger partial charge in [0.25, 0.3) is 0 Å². The summed E-state index contributed by atoms with van der Waals surface area (Å²) in [5.74, 6) is 0.591. The Kier molecular flexibility index (Phi) is 3.17. The highest BCUT2D eigenvalue weighted by atomic mass is 16.3. The van der Waals surface area contributed by atoms with Crippen molar-refractivity contribution in [2.75, 3.05) is 0 Å². The number of phenols is 3. The van der Waals surface area contributed by atoms with Gasteiger partial charge in [-0.15, -0.1) is 0 Å². The van der Waals surface area contributed by atoms with Crippen LogP contribution in [-0.2, 0) is 0 Å². The van der Waals surface area contributed by atoms with Crippen LogP contribution in [0.1, 0.15) is 0 Å². The molecular formula is C20H15NO3. The van der Waals surface area contributed by atoms with Crippen LogP contribution in [0.2, 0.25) is 0 Å². The highest BCUT2D eigenvalue weighted by molar-refractivity contribution is 5.98. The standard InChI is InChI=1S/C20H15NO3/c22-15-6-4-13(5-7-15)19-12-21(14-2-1-3-16(23)10-14)20-9-8-17(24)11-18(19)20/h1-12,22-24H. The van der Waals surface area contributed by atoms with Crippen LogP contribution in [0, 0.1) is 0 Å². The van der Waals surface area contributed by atoms with Crippen molar-refractivity contribution in [2.24, 2.45) is 0 Å². The van der Waals surface area contributed by atoms with Crippen LogP contribution >= 0.6 is 0 Å². The fraction of sp³-hybridized carbons (Fsp3) is 0. The van der Waals surface area contributed by atoms with Crippen LogP contribution in [0.15, 0.2) is 72.9 Å². The van der Waals surface area contributed by atoms with E-state index in [9.17, 15) is 15.3 Å². The number of hydrogen-bond donors (Lipinski definition) is 3. The third-order valence-corrected chi connectivity index (χ3v) is 4.07. The summed E-state index contributed by atoms with van der Waals surface area (Å²) in [6.07, 6.45) is 1.96. The fourth-order valence-corrected chi connectivity index (χ4v) is 2.95. The Labute approximate surface area is 138 Å². The van der Waals surface area contributed by atoms with Crippen LogP contribution in [-0.4, -0.2) is 19.9 Å². The number of nitrogens with zero attached hydrogens (tertiary/aromatic N) is 1. The second kappa shape index (κ2) is 5.35. The van der Waals surface area contributed by atoms with Crippen molar-refractivity contribution < 1.29 is 15.3 Å². The van der Waals surface area contributed by atoms with Gasteiger partial charge in [-0.1, -0.05) is 18.2 Å².